The number of aliphatic carboxylic acids is 1. The van der Waals surface area contributed by atoms with E-state index in [1.54, 1.807) is 0 Å². The number of amides is 2. The number of ether oxygens (including phenoxy) is 1. The molecule has 0 aliphatic rings. The van der Waals surface area contributed by atoms with Gasteiger partial charge in [0.05, 0.1) is 13.2 Å². The quantitative estimate of drug-likeness (QED) is 0.0273. The zero-order valence-corrected chi connectivity index (χ0v) is 37.4. The van der Waals surface area contributed by atoms with Crippen LogP contribution in [0.3, 0.4) is 0 Å². The summed E-state index contributed by atoms with van der Waals surface area (Å²) in [5.41, 5.74) is 0. The average Bonchev–Trinajstić information content (AvgIpc) is 3.23. The van der Waals surface area contributed by atoms with Gasteiger partial charge in [-0.3, -0.25) is 14.4 Å². The van der Waals surface area contributed by atoms with E-state index in [9.17, 15) is 19.2 Å². The fourth-order valence-corrected chi connectivity index (χ4v) is 6.07. The fraction of sp³-hybridized carbons (Fsp3) is 0.608. The Labute approximate surface area is 364 Å². The first kappa shape index (κ1) is 55.8. The molecular formula is C51H82N2O7. The second-order valence-electron chi connectivity index (χ2n) is 15.1. The van der Waals surface area contributed by atoms with E-state index in [4.69, 9.17) is 14.9 Å². The molecule has 2 unspecified atom stereocenters. The zero-order chi connectivity index (χ0) is 44.0. The Morgan fingerprint density at radius 2 is 0.983 bits per heavy atom. The van der Waals surface area contributed by atoms with Gasteiger partial charge in [-0.25, -0.2) is 4.79 Å². The number of unbranched alkanes of at least 4 members (excludes halogenated alkanes) is 10. The van der Waals surface area contributed by atoms with Gasteiger partial charge in [0, 0.05) is 12.8 Å². The van der Waals surface area contributed by atoms with Crippen molar-refractivity contribution in [2.75, 3.05) is 13.2 Å². The Balaban J connectivity index is 4.53. The van der Waals surface area contributed by atoms with Gasteiger partial charge in [0.25, 0.3) is 0 Å². The van der Waals surface area contributed by atoms with Crippen LogP contribution in [0, 0.1) is 0 Å². The Morgan fingerprint density at radius 1 is 0.517 bits per heavy atom. The van der Waals surface area contributed by atoms with Crippen molar-refractivity contribution in [1.82, 2.24) is 10.6 Å². The Bertz CT molecular complexity index is 1320. The number of aliphatic hydroxyl groups is 1. The van der Waals surface area contributed by atoms with E-state index in [1.165, 1.54) is 32.1 Å². The number of carbonyl (C=O) groups is 4. The molecule has 2 amide bonds. The van der Waals surface area contributed by atoms with Gasteiger partial charge in [0.1, 0.15) is 12.1 Å². The normalized spacial score (nSPS) is 13.4. The summed E-state index contributed by atoms with van der Waals surface area (Å²) in [5.74, 6) is -2.43. The maximum absolute atomic E-state index is 12.8. The number of carboxylic acid groups (broad SMARTS) is 1. The minimum atomic E-state index is -1.39. The second-order valence-corrected chi connectivity index (χ2v) is 15.1. The van der Waals surface area contributed by atoms with E-state index in [0.717, 1.165) is 103 Å². The summed E-state index contributed by atoms with van der Waals surface area (Å²) in [5, 5.41) is 22.6. The number of hydrogen-bond donors (Lipinski definition) is 4. The maximum Gasteiger partial charge on any atom is 0.328 e. The molecule has 338 valence electrons. The monoisotopic (exact) mass is 835 g/mol. The highest BCUT2D eigenvalue weighted by molar-refractivity contribution is 5.87. The molecule has 0 bridgehead atoms. The van der Waals surface area contributed by atoms with Crippen molar-refractivity contribution in [2.24, 2.45) is 0 Å². The summed E-state index contributed by atoms with van der Waals surface area (Å²) in [6.45, 7) is 3.33. The van der Waals surface area contributed by atoms with Crippen molar-refractivity contribution in [2.45, 2.75) is 187 Å². The molecule has 9 nitrogen and oxygen atoms in total. The minimum absolute atomic E-state index is 0.104. The number of carbonyl (C=O) groups excluding carboxylic acids is 3. The molecule has 0 aromatic carbocycles. The van der Waals surface area contributed by atoms with Crippen LogP contribution in [0.2, 0.25) is 0 Å². The standard InChI is InChI=1S/C51H82N2O7/c1-3-5-7-9-11-13-15-17-18-19-20-21-22-24-26-28-30-35-39-43-50(57)60-46(40-36-32-29-27-25-23-16-14-12-10-8-6-4-2)41-37-33-31-34-38-42-48(55)52-44-49(56)53-47(45-54)51(58)59/h5,7,11,13,16-18,20-21,23-24,26-27,29-30,35,46-47,54H,3-4,6,8-10,12,14-15,19,22,25,28,31-34,36-45H2,1-2H3,(H,52,55)(H,53,56)(H,58,59)/b7-5-,13-11-,18-17-,21-20-,23-16-,26-24-,29-27-,35-30-. The maximum atomic E-state index is 12.8. The average molecular weight is 835 g/mol. The number of hydrogen-bond acceptors (Lipinski definition) is 6. The topological polar surface area (TPSA) is 142 Å². The van der Waals surface area contributed by atoms with E-state index < -0.39 is 24.5 Å². The Morgan fingerprint density at radius 3 is 1.53 bits per heavy atom. The van der Waals surface area contributed by atoms with Gasteiger partial charge in [0.15, 0.2) is 0 Å². The summed E-state index contributed by atoms with van der Waals surface area (Å²) in [6.07, 6.45) is 58.7. The van der Waals surface area contributed by atoms with Gasteiger partial charge in [-0.1, -0.05) is 156 Å². The van der Waals surface area contributed by atoms with Crippen LogP contribution < -0.4 is 10.6 Å². The minimum Gasteiger partial charge on any atom is -0.480 e. The molecule has 0 fully saturated rings. The van der Waals surface area contributed by atoms with Crippen LogP contribution in [-0.2, 0) is 23.9 Å². The molecule has 0 heterocycles. The van der Waals surface area contributed by atoms with Gasteiger partial charge < -0.3 is 25.6 Å². The number of esters is 1. The molecule has 60 heavy (non-hydrogen) atoms. The van der Waals surface area contributed by atoms with E-state index in [-0.39, 0.29) is 30.9 Å². The number of carboxylic acids is 1. The fourth-order valence-electron chi connectivity index (χ4n) is 6.07. The highest BCUT2D eigenvalue weighted by Crippen LogP contribution is 2.17. The Kier molecular flexibility index (Phi) is 41.2. The molecule has 9 heteroatoms. The summed E-state index contributed by atoms with van der Waals surface area (Å²) in [4.78, 5) is 47.6. The lowest BCUT2D eigenvalue weighted by Gasteiger charge is -2.17. The molecule has 0 radical (unpaired) electrons. The van der Waals surface area contributed by atoms with E-state index >= 15 is 0 Å². The second kappa shape index (κ2) is 44.3. The molecule has 2 atom stereocenters. The smallest absolute Gasteiger partial charge is 0.328 e. The van der Waals surface area contributed by atoms with Crippen molar-refractivity contribution >= 4 is 23.8 Å². The molecule has 0 aromatic heterocycles. The summed E-state index contributed by atoms with van der Waals surface area (Å²) < 4.78 is 5.97. The van der Waals surface area contributed by atoms with Crippen molar-refractivity contribution < 1.29 is 34.1 Å². The molecule has 0 saturated carbocycles. The molecule has 0 saturated heterocycles. The van der Waals surface area contributed by atoms with Gasteiger partial charge in [-0.05, 0) is 103 Å². The SMILES string of the molecule is CC/C=C\C/C=C\C/C=C\C/C=C\C/C=C\C/C=C\CCC(=O)OC(CCC/C=C\C/C=C\CCCCCCC)CCCCCCCC(=O)NCC(=O)NC(CO)C(=O)O. The van der Waals surface area contributed by atoms with E-state index in [2.05, 4.69) is 122 Å². The lowest BCUT2D eigenvalue weighted by atomic mass is 10.0. The third kappa shape index (κ3) is 40.5. The lowest BCUT2D eigenvalue weighted by Crippen LogP contribution is -2.47. The van der Waals surface area contributed by atoms with Crippen molar-refractivity contribution in [3.05, 3.63) is 97.2 Å². The molecule has 0 aliphatic carbocycles. The predicted molar refractivity (Wildman–Crippen MR) is 249 cm³/mol. The molecule has 0 rings (SSSR count). The molecule has 0 aromatic rings. The van der Waals surface area contributed by atoms with Gasteiger partial charge in [0.2, 0.25) is 11.8 Å². The summed E-state index contributed by atoms with van der Waals surface area (Å²) in [7, 11) is 0. The van der Waals surface area contributed by atoms with Crippen LogP contribution in [0.1, 0.15) is 174 Å². The van der Waals surface area contributed by atoms with E-state index in [1.807, 2.05) is 0 Å². The molecular weight excluding hydrogens is 753 g/mol. The van der Waals surface area contributed by atoms with Crippen LogP contribution in [0.25, 0.3) is 0 Å². The van der Waals surface area contributed by atoms with Crippen LogP contribution in [-0.4, -0.2) is 59.3 Å². The largest absolute Gasteiger partial charge is 0.480 e. The van der Waals surface area contributed by atoms with Crippen molar-refractivity contribution in [1.29, 1.82) is 0 Å². The number of allylic oxidation sites excluding steroid dienone is 16. The van der Waals surface area contributed by atoms with Crippen molar-refractivity contribution in [3.63, 3.8) is 0 Å². The first-order chi connectivity index (χ1) is 29.3. The highest BCUT2D eigenvalue weighted by Gasteiger charge is 2.19. The number of rotatable bonds is 40. The lowest BCUT2D eigenvalue weighted by molar-refractivity contribution is -0.149. The van der Waals surface area contributed by atoms with Crippen LogP contribution in [0.5, 0.6) is 0 Å². The Hall–Kier alpha value is -4.24. The number of aliphatic hydroxyl groups excluding tert-OH is 1. The number of nitrogens with one attached hydrogen (secondary N) is 2. The zero-order valence-electron chi connectivity index (χ0n) is 37.4. The van der Waals surface area contributed by atoms with Crippen molar-refractivity contribution in [3.8, 4) is 0 Å². The van der Waals surface area contributed by atoms with Crippen LogP contribution in [0.15, 0.2) is 97.2 Å². The summed E-state index contributed by atoms with van der Waals surface area (Å²) in [6, 6.07) is -1.39. The van der Waals surface area contributed by atoms with Gasteiger partial charge in [-0.2, -0.15) is 0 Å². The van der Waals surface area contributed by atoms with Gasteiger partial charge >= 0.3 is 11.9 Å². The first-order valence-electron chi connectivity index (χ1n) is 23.1. The third-order valence-electron chi connectivity index (χ3n) is 9.58. The molecule has 0 spiro atoms. The third-order valence-corrected chi connectivity index (χ3v) is 9.58. The van der Waals surface area contributed by atoms with Crippen LogP contribution in [0.4, 0.5) is 0 Å². The van der Waals surface area contributed by atoms with E-state index in [0.29, 0.717) is 19.3 Å². The predicted octanol–water partition coefficient (Wildman–Crippen LogP) is 11.8. The molecule has 4 N–H and O–H groups in total. The van der Waals surface area contributed by atoms with Gasteiger partial charge in [-0.15, -0.1) is 0 Å². The van der Waals surface area contributed by atoms with Crippen LogP contribution >= 0.6 is 0 Å². The highest BCUT2D eigenvalue weighted by atomic mass is 16.5. The summed E-state index contributed by atoms with van der Waals surface area (Å²) >= 11 is 0. The first-order valence-corrected chi connectivity index (χ1v) is 23.1. The molecule has 0 aliphatic heterocycles.